The molecular formula is C6H5O5S. The first-order chi connectivity index (χ1) is 5.49. The maximum atomic E-state index is 10.8. The Morgan fingerprint density at radius 3 is 2.33 bits per heavy atom. The Balaban J connectivity index is 2.98. The average Bonchev–Trinajstić information content (AvgIpc) is 1.91. The number of para-hydroxylation sites is 2. The molecule has 5 nitrogen and oxygen atoms in total. The molecule has 1 aromatic rings. The molecule has 0 saturated heterocycles. The Morgan fingerprint density at radius 1 is 1.25 bits per heavy atom. The highest BCUT2D eigenvalue weighted by Gasteiger charge is 2.10. The van der Waals surface area contributed by atoms with Crippen LogP contribution in [0.5, 0.6) is 11.5 Å². The van der Waals surface area contributed by atoms with Gasteiger partial charge < -0.3 is 4.18 Å². The molecule has 0 heterocycles. The lowest BCUT2D eigenvalue weighted by Gasteiger charge is -1.99. The quantitative estimate of drug-likeness (QED) is 0.703. The molecule has 6 heteroatoms. The van der Waals surface area contributed by atoms with Gasteiger partial charge in [0, 0.05) is 0 Å². The molecule has 0 amide bonds. The number of rotatable bonds is 2. The fourth-order valence-corrected chi connectivity index (χ4v) is 0.997. The summed E-state index contributed by atoms with van der Waals surface area (Å²) >= 11 is 0. The fraction of sp³-hybridized carbons (Fsp3) is 0. The number of hydrogen-bond acceptors (Lipinski definition) is 3. The van der Waals surface area contributed by atoms with Crippen LogP contribution in [0.3, 0.4) is 0 Å². The monoisotopic (exact) mass is 189 g/mol. The molecule has 0 bridgehead atoms. The first-order valence-electron chi connectivity index (χ1n) is 2.92. The number of hydrogen-bond donors (Lipinski definition) is 1. The van der Waals surface area contributed by atoms with Gasteiger partial charge >= 0.3 is 10.4 Å². The summed E-state index contributed by atoms with van der Waals surface area (Å²) in [5, 5.41) is 10.8. The second kappa shape index (κ2) is 3.00. The molecular weight excluding hydrogens is 184 g/mol. The van der Waals surface area contributed by atoms with Crippen LogP contribution in [0.15, 0.2) is 24.3 Å². The van der Waals surface area contributed by atoms with Crippen LogP contribution in [0.1, 0.15) is 0 Å². The van der Waals surface area contributed by atoms with Crippen molar-refractivity contribution in [2.75, 3.05) is 0 Å². The van der Waals surface area contributed by atoms with Gasteiger partial charge in [-0.05, 0) is 12.1 Å². The maximum absolute atomic E-state index is 10.8. The molecule has 1 aromatic carbocycles. The van der Waals surface area contributed by atoms with Crippen molar-refractivity contribution in [3.63, 3.8) is 0 Å². The van der Waals surface area contributed by atoms with Crippen LogP contribution in [-0.2, 0) is 15.5 Å². The largest absolute Gasteiger partial charge is 0.446 e. The predicted octanol–water partition coefficient (Wildman–Crippen LogP) is 1.01. The molecule has 0 saturated carbocycles. The molecule has 0 aromatic heterocycles. The zero-order valence-electron chi connectivity index (χ0n) is 5.80. The molecule has 0 spiro atoms. The summed E-state index contributed by atoms with van der Waals surface area (Å²) in [5.74, 6) is -1.02. The van der Waals surface area contributed by atoms with Gasteiger partial charge in [0.2, 0.25) is 5.75 Å². The molecule has 0 unspecified atom stereocenters. The van der Waals surface area contributed by atoms with Crippen molar-refractivity contribution in [1.82, 2.24) is 0 Å². The van der Waals surface area contributed by atoms with E-state index < -0.39 is 21.9 Å². The lowest BCUT2D eigenvalue weighted by molar-refractivity contribution is 0.325. The third-order valence-electron chi connectivity index (χ3n) is 1.04. The van der Waals surface area contributed by atoms with E-state index in [1.54, 1.807) is 0 Å². The molecule has 65 valence electrons. The van der Waals surface area contributed by atoms with Crippen molar-refractivity contribution in [3.05, 3.63) is 24.3 Å². The molecule has 0 aliphatic heterocycles. The Kier molecular flexibility index (Phi) is 2.20. The smallest absolute Gasteiger partial charge is 0.358 e. The van der Waals surface area contributed by atoms with Gasteiger partial charge in [0.05, 0.1) is 0 Å². The summed E-state index contributed by atoms with van der Waals surface area (Å²) < 4.78 is 32.4. The molecule has 12 heavy (non-hydrogen) atoms. The van der Waals surface area contributed by atoms with E-state index >= 15 is 0 Å². The minimum absolute atomic E-state index is 0.417. The van der Waals surface area contributed by atoms with E-state index in [-0.39, 0.29) is 0 Å². The van der Waals surface area contributed by atoms with Crippen LogP contribution in [-0.4, -0.2) is 13.0 Å². The van der Waals surface area contributed by atoms with E-state index in [4.69, 9.17) is 4.55 Å². The van der Waals surface area contributed by atoms with E-state index in [2.05, 4.69) is 4.18 Å². The van der Waals surface area contributed by atoms with Crippen LogP contribution >= 0.6 is 0 Å². The Bertz CT molecular complexity index is 369. The standard InChI is InChI=1S/C6H5O5S/c7-5-3-1-2-4-6(5)11-12(8,9)10/h1-4H,(H,8,9,10). The maximum Gasteiger partial charge on any atom is 0.446 e. The van der Waals surface area contributed by atoms with E-state index in [0.717, 1.165) is 12.1 Å². The van der Waals surface area contributed by atoms with Crippen molar-refractivity contribution >= 4 is 10.4 Å². The SMILES string of the molecule is [O]c1ccccc1OS(=O)(=O)O. The molecule has 0 fully saturated rings. The summed E-state index contributed by atoms with van der Waals surface area (Å²) in [4.78, 5) is 0. The van der Waals surface area contributed by atoms with Gasteiger partial charge in [-0.3, -0.25) is 9.66 Å². The minimum atomic E-state index is -4.60. The first-order valence-corrected chi connectivity index (χ1v) is 4.28. The van der Waals surface area contributed by atoms with Gasteiger partial charge in [0.15, 0.2) is 5.75 Å². The van der Waals surface area contributed by atoms with Crippen LogP contribution in [0.25, 0.3) is 0 Å². The van der Waals surface area contributed by atoms with Crippen LogP contribution in [0.2, 0.25) is 0 Å². The Labute approximate surface area is 69.2 Å². The van der Waals surface area contributed by atoms with Gasteiger partial charge in [-0.15, -0.1) is 0 Å². The lowest BCUT2D eigenvalue weighted by Crippen LogP contribution is -2.06. The van der Waals surface area contributed by atoms with E-state index in [0.29, 0.717) is 0 Å². The van der Waals surface area contributed by atoms with Crippen molar-refractivity contribution in [1.29, 1.82) is 0 Å². The second-order valence-corrected chi connectivity index (χ2v) is 2.98. The van der Waals surface area contributed by atoms with Crippen molar-refractivity contribution in [2.24, 2.45) is 0 Å². The third kappa shape index (κ3) is 2.40. The van der Waals surface area contributed by atoms with Crippen molar-refractivity contribution in [2.45, 2.75) is 0 Å². The summed E-state index contributed by atoms with van der Waals surface area (Å²) in [7, 11) is -4.60. The van der Waals surface area contributed by atoms with Crippen molar-refractivity contribution in [3.8, 4) is 11.5 Å². The van der Waals surface area contributed by atoms with Crippen LogP contribution in [0.4, 0.5) is 0 Å². The highest BCUT2D eigenvalue weighted by Crippen LogP contribution is 2.25. The molecule has 1 rings (SSSR count). The first kappa shape index (κ1) is 8.82. The molecule has 1 N–H and O–H groups in total. The number of benzene rings is 1. The van der Waals surface area contributed by atoms with Gasteiger partial charge in [0.25, 0.3) is 0 Å². The molecule has 0 atom stereocenters. The van der Waals surface area contributed by atoms with E-state index in [9.17, 15) is 13.5 Å². The summed E-state index contributed by atoms with van der Waals surface area (Å²) in [6.45, 7) is 0. The van der Waals surface area contributed by atoms with E-state index in [1.165, 1.54) is 12.1 Å². The summed E-state index contributed by atoms with van der Waals surface area (Å²) in [6, 6.07) is 5.12. The Morgan fingerprint density at radius 2 is 1.83 bits per heavy atom. The fourth-order valence-electron chi connectivity index (χ4n) is 0.632. The highest BCUT2D eigenvalue weighted by atomic mass is 32.3. The third-order valence-corrected chi connectivity index (χ3v) is 1.43. The molecule has 0 aliphatic rings. The summed E-state index contributed by atoms with van der Waals surface area (Å²) in [5.41, 5.74) is 0. The van der Waals surface area contributed by atoms with Gasteiger partial charge in [-0.1, -0.05) is 12.1 Å². The minimum Gasteiger partial charge on any atom is -0.358 e. The van der Waals surface area contributed by atoms with Crippen LogP contribution < -0.4 is 4.18 Å². The topological polar surface area (TPSA) is 83.5 Å². The zero-order valence-corrected chi connectivity index (χ0v) is 6.61. The zero-order chi connectivity index (χ0) is 9.19. The second-order valence-electron chi connectivity index (χ2n) is 1.96. The lowest BCUT2D eigenvalue weighted by atomic mass is 10.3. The molecule has 1 radical (unpaired) electrons. The summed E-state index contributed by atoms with van der Waals surface area (Å²) in [6.07, 6.45) is 0. The van der Waals surface area contributed by atoms with Gasteiger partial charge in [-0.25, -0.2) is 0 Å². The average molecular weight is 189 g/mol. The van der Waals surface area contributed by atoms with Crippen molar-refractivity contribution < 1.29 is 22.3 Å². The normalized spacial score (nSPS) is 11.1. The van der Waals surface area contributed by atoms with E-state index in [1.807, 2.05) is 0 Å². The highest BCUT2D eigenvalue weighted by molar-refractivity contribution is 7.81. The van der Waals surface area contributed by atoms with Gasteiger partial charge in [-0.2, -0.15) is 8.42 Å². The predicted molar refractivity (Wildman–Crippen MR) is 38.8 cm³/mol. The van der Waals surface area contributed by atoms with Gasteiger partial charge in [0.1, 0.15) is 0 Å². The molecule has 0 aliphatic carbocycles. The Hall–Kier alpha value is -1.27. The van der Waals surface area contributed by atoms with Crippen LogP contribution in [0, 0.1) is 0 Å².